The minimum atomic E-state index is -0.980. The molecule has 0 amide bonds. The summed E-state index contributed by atoms with van der Waals surface area (Å²) in [5.41, 5.74) is 0.178. The van der Waals surface area contributed by atoms with Crippen molar-refractivity contribution in [3.8, 4) is 0 Å². The number of nitrogens with zero attached hydrogens (tertiary/aromatic N) is 1. The van der Waals surface area contributed by atoms with Gasteiger partial charge in [-0.25, -0.2) is 4.79 Å². The van der Waals surface area contributed by atoms with Crippen LogP contribution in [0, 0.1) is 10.6 Å². The van der Waals surface area contributed by atoms with Crippen LogP contribution in [0.2, 0.25) is 0 Å². The molecule has 0 radical (unpaired) electrons. The van der Waals surface area contributed by atoms with E-state index >= 15 is 0 Å². The Labute approximate surface area is 120 Å². The van der Waals surface area contributed by atoms with Crippen LogP contribution in [-0.2, 0) is 4.74 Å². The molecule has 2 heterocycles. The summed E-state index contributed by atoms with van der Waals surface area (Å²) >= 11 is 0. The third-order valence-corrected chi connectivity index (χ3v) is 2.99. The first-order chi connectivity index (χ1) is 9.25. The zero-order valence-electron chi connectivity index (χ0n) is 10.4. The van der Waals surface area contributed by atoms with Crippen LogP contribution in [0.5, 0.6) is 0 Å². The van der Waals surface area contributed by atoms with Gasteiger partial charge in [-0.15, -0.1) is 12.4 Å². The number of benzene rings is 1. The topological polar surface area (TPSA) is 59.4 Å². The van der Waals surface area contributed by atoms with E-state index in [1.165, 1.54) is 6.20 Å². The Balaban J connectivity index is 0.00000147. The third kappa shape index (κ3) is 2.51. The molecule has 1 aromatic carbocycles. The number of pyridine rings is 1. The molecule has 1 aliphatic rings. The van der Waals surface area contributed by atoms with Crippen LogP contribution >= 0.6 is 12.4 Å². The van der Waals surface area contributed by atoms with E-state index in [2.05, 4.69) is 4.98 Å². The van der Waals surface area contributed by atoms with Gasteiger partial charge in [0.2, 0.25) is 0 Å². The highest BCUT2D eigenvalue weighted by Crippen LogP contribution is 1.95. The van der Waals surface area contributed by atoms with Crippen LogP contribution in [0.3, 0.4) is 0 Å². The Hall–Kier alpha value is -2.33. The van der Waals surface area contributed by atoms with Gasteiger partial charge < -0.3 is 9.84 Å². The number of carboxylic acids is 1. The molecule has 0 spiro atoms. The monoisotopic (exact) mass is 289 g/mol. The van der Waals surface area contributed by atoms with E-state index in [0.29, 0.717) is 6.61 Å². The highest BCUT2D eigenvalue weighted by molar-refractivity contribution is 5.87. The Kier molecular flexibility index (Phi) is 4.05. The second kappa shape index (κ2) is 5.75. The van der Waals surface area contributed by atoms with Gasteiger partial charge in [0.05, 0.1) is 17.2 Å². The van der Waals surface area contributed by atoms with Crippen molar-refractivity contribution in [2.75, 3.05) is 6.61 Å². The largest absolute Gasteiger partial charge is 0.496 e. The minimum absolute atomic E-state index is 0. The quantitative estimate of drug-likeness (QED) is 0.852. The molecule has 2 aromatic rings. The molecule has 0 atom stereocenters. The van der Waals surface area contributed by atoms with Gasteiger partial charge in [-0.1, -0.05) is 24.3 Å². The highest BCUT2D eigenvalue weighted by atomic mass is 35.5. The zero-order chi connectivity index (χ0) is 13.2. The summed E-state index contributed by atoms with van der Waals surface area (Å²) in [6.07, 6.45) is 4.91. The molecular formula is C15H12ClNO3. The van der Waals surface area contributed by atoms with Crippen molar-refractivity contribution in [1.29, 1.82) is 0 Å². The molecule has 5 heteroatoms. The molecule has 0 fully saturated rings. The van der Waals surface area contributed by atoms with Crippen molar-refractivity contribution >= 4 is 30.7 Å². The normalized spacial score (nSPS) is 17.2. The molecule has 0 bridgehead atoms. The summed E-state index contributed by atoms with van der Waals surface area (Å²) in [6, 6.07) is 9.36. The maximum Gasteiger partial charge on any atom is 0.337 e. The summed E-state index contributed by atoms with van der Waals surface area (Å²) in [6.45, 7) is 0.395. The van der Waals surface area contributed by atoms with Gasteiger partial charge in [-0.05, 0) is 12.1 Å². The van der Waals surface area contributed by atoms with Crippen LogP contribution < -0.4 is 10.4 Å². The van der Waals surface area contributed by atoms with Gasteiger partial charge in [0, 0.05) is 21.9 Å². The number of carbonyl (C=O) groups is 1. The molecule has 0 unspecified atom stereocenters. The van der Waals surface area contributed by atoms with Gasteiger partial charge in [-0.3, -0.25) is 4.98 Å². The number of hydrogen-bond acceptors (Lipinski definition) is 3. The predicted molar refractivity (Wildman–Crippen MR) is 76.7 cm³/mol. The molecule has 4 nitrogen and oxygen atoms in total. The van der Waals surface area contributed by atoms with Gasteiger partial charge in [0.25, 0.3) is 0 Å². The van der Waals surface area contributed by atoms with Gasteiger partial charge in [0.15, 0.2) is 0 Å². The fourth-order valence-electron chi connectivity index (χ4n) is 2.07. The molecule has 1 aliphatic heterocycles. The van der Waals surface area contributed by atoms with Crippen molar-refractivity contribution in [2.45, 2.75) is 0 Å². The summed E-state index contributed by atoms with van der Waals surface area (Å²) < 4.78 is 5.40. The first-order valence-corrected chi connectivity index (χ1v) is 5.86. The molecule has 20 heavy (non-hydrogen) atoms. The number of fused-ring (bicyclic) bond motifs is 2. The smallest absolute Gasteiger partial charge is 0.337 e. The lowest BCUT2D eigenvalue weighted by molar-refractivity contribution is 0.0696. The maximum absolute atomic E-state index is 11.0. The lowest BCUT2D eigenvalue weighted by Gasteiger charge is -2.01. The van der Waals surface area contributed by atoms with Gasteiger partial charge in [0.1, 0.15) is 6.61 Å². The van der Waals surface area contributed by atoms with Crippen LogP contribution in [0.1, 0.15) is 10.4 Å². The SMILES string of the molecule is Cl.O=C(O)c1cnc2/c(c1)=C\CO/C=c1/cccc/c1=2. The van der Waals surface area contributed by atoms with Crippen molar-refractivity contribution in [3.63, 3.8) is 0 Å². The first-order valence-electron chi connectivity index (χ1n) is 5.86. The number of rotatable bonds is 1. The molecule has 1 N–H and O–H groups in total. The van der Waals surface area contributed by atoms with E-state index in [-0.39, 0.29) is 18.0 Å². The van der Waals surface area contributed by atoms with Gasteiger partial charge in [-0.2, -0.15) is 0 Å². The van der Waals surface area contributed by atoms with Gasteiger partial charge >= 0.3 is 5.97 Å². The molecular weight excluding hydrogens is 278 g/mol. The molecule has 0 saturated carbocycles. The summed E-state index contributed by atoms with van der Waals surface area (Å²) in [5, 5.41) is 12.4. The van der Waals surface area contributed by atoms with E-state index in [1.807, 2.05) is 30.3 Å². The van der Waals surface area contributed by atoms with E-state index in [1.54, 1.807) is 12.3 Å². The standard InChI is InChI=1S/C15H11NO3.ClH/c17-15(18)12-7-10-5-6-19-9-11-3-1-2-4-13(11)14(10)16-8-12;/h1-5,7-9H,6H2,(H,17,18);1H/b10-5-,11-9-,14-13+;. The number of aromatic carboxylic acids is 1. The molecule has 102 valence electrons. The third-order valence-electron chi connectivity index (χ3n) is 2.99. The molecule has 0 aliphatic carbocycles. The summed E-state index contributed by atoms with van der Waals surface area (Å²) in [5.74, 6) is -0.980. The van der Waals surface area contributed by atoms with Crippen molar-refractivity contribution in [2.24, 2.45) is 0 Å². The van der Waals surface area contributed by atoms with Crippen molar-refractivity contribution in [3.05, 3.63) is 63.1 Å². The van der Waals surface area contributed by atoms with Crippen LogP contribution in [0.4, 0.5) is 0 Å². The number of hydrogen-bond donors (Lipinski definition) is 1. The number of ether oxygens (including phenoxy) is 1. The lowest BCUT2D eigenvalue weighted by atomic mass is 10.1. The van der Waals surface area contributed by atoms with Crippen LogP contribution in [-0.4, -0.2) is 22.7 Å². The minimum Gasteiger partial charge on any atom is -0.496 e. The maximum atomic E-state index is 11.0. The fraction of sp³-hybridized carbons (Fsp3) is 0.0667. The van der Waals surface area contributed by atoms with Crippen molar-refractivity contribution in [1.82, 2.24) is 4.98 Å². The average molecular weight is 290 g/mol. The molecule has 0 saturated heterocycles. The summed E-state index contributed by atoms with van der Waals surface area (Å²) in [7, 11) is 0. The Morgan fingerprint density at radius 1 is 1.25 bits per heavy atom. The second-order valence-electron chi connectivity index (χ2n) is 4.21. The van der Waals surface area contributed by atoms with Crippen LogP contribution in [0.25, 0.3) is 12.3 Å². The van der Waals surface area contributed by atoms with E-state index in [0.717, 1.165) is 21.0 Å². The summed E-state index contributed by atoms with van der Waals surface area (Å²) in [4.78, 5) is 15.3. The Morgan fingerprint density at radius 3 is 2.85 bits per heavy atom. The average Bonchev–Trinajstić information content (AvgIpc) is 2.41. The number of aromatic nitrogens is 1. The van der Waals surface area contributed by atoms with Crippen molar-refractivity contribution < 1.29 is 14.6 Å². The van der Waals surface area contributed by atoms with E-state index in [4.69, 9.17) is 9.84 Å². The number of carboxylic acid groups (broad SMARTS) is 1. The molecule has 3 rings (SSSR count). The fourth-order valence-corrected chi connectivity index (χ4v) is 2.07. The van der Waals surface area contributed by atoms with E-state index in [9.17, 15) is 4.79 Å². The van der Waals surface area contributed by atoms with Crippen LogP contribution in [0.15, 0.2) is 36.5 Å². The second-order valence-corrected chi connectivity index (χ2v) is 4.21. The molecule has 1 aromatic heterocycles. The predicted octanol–water partition coefficient (Wildman–Crippen LogP) is 1.04. The Morgan fingerprint density at radius 2 is 2.05 bits per heavy atom. The number of halogens is 1. The first kappa shape index (κ1) is 14.1. The lowest BCUT2D eigenvalue weighted by Crippen LogP contribution is -2.17. The highest BCUT2D eigenvalue weighted by Gasteiger charge is 2.03. The zero-order valence-corrected chi connectivity index (χ0v) is 11.3. The Bertz CT molecular complexity index is 861. The van der Waals surface area contributed by atoms with E-state index < -0.39 is 5.97 Å².